The van der Waals surface area contributed by atoms with Crippen LogP contribution in [0, 0.1) is 0 Å². The van der Waals surface area contributed by atoms with Crippen LogP contribution in [0.5, 0.6) is 0 Å². The molecule has 2 N–H and O–H groups in total. The fraction of sp³-hybridized carbons (Fsp3) is 0.278. The maximum Gasteiger partial charge on any atom is 0.220 e. The van der Waals surface area contributed by atoms with E-state index in [2.05, 4.69) is 21.2 Å². The van der Waals surface area contributed by atoms with Crippen molar-refractivity contribution in [1.29, 1.82) is 0 Å². The lowest BCUT2D eigenvalue weighted by Gasteiger charge is -2.13. The molecule has 23 heavy (non-hydrogen) atoms. The van der Waals surface area contributed by atoms with Gasteiger partial charge in [-0.15, -0.1) is 11.8 Å². The second-order valence-corrected chi connectivity index (χ2v) is 6.92. The van der Waals surface area contributed by atoms with Crippen molar-refractivity contribution in [2.75, 3.05) is 12.8 Å². The number of carbonyl (C=O) groups is 1. The maximum absolute atomic E-state index is 11.9. The van der Waals surface area contributed by atoms with Gasteiger partial charge in [-0.1, -0.05) is 46.3 Å². The van der Waals surface area contributed by atoms with Gasteiger partial charge in [-0.3, -0.25) is 4.79 Å². The molecule has 0 spiro atoms. The van der Waals surface area contributed by atoms with Crippen LogP contribution in [0.15, 0.2) is 57.9 Å². The van der Waals surface area contributed by atoms with Crippen molar-refractivity contribution in [3.8, 4) is 0 Å². The second-order valence-electron chi connectivity index (χ2n) is 5.18. The quantitative estimate of drug-likeness (QED) is 0.700. The van der Waals surface area contributed by atoms with Gasteiger partial charge < -0.3 is 10.4 Å². The average molecular weight is 394 g/mol. The Morgan fingerprint density at radius 1 is 1.22 bits per heavy atom. The third-order valence-electron chi connectivity index (χ3n) is 3.57. The summed E-state index contributed by atoms with van der Waals surface area (Å²) >= 11 is 5.14. The van der Waals surface area contributed by atoms with Gasteiger partial charge in [0.2, 0.25) is 5.91 Å². The van der Waals surface area contributed by atoms with E-state index in [0.29, 0.717) is 12.8 Å². The van der Waals surface area contributed by atoms with Crippen molar-refractivity contribution in [3.05, 3.63) is 64.1 Å². The zero-order valence-corrected chi connectivity index (χ0v) is 15.4. The Labute approximate surface area is 149 Å². The molecule has 1 amide bonds. The molecule has 5 heteroatoms. The smallest absolute Gasteiger partial charge is 0.220 e. The number of benzene rings is 2. The second kappa shape index (κ2) is 9.11. The third kappa shape index (κ3) is 5.68. The molecule has 0 saturated heterocycles. The lowest BCUT2D eigenvalue weighted by Crippen LogP contribution is -2.28. The molecule has 2 aromatic rings. The van der Waals surface area contributed by atoms with Gasteiger partial charge in [0.15, 0.2) is 0 Å². The summed E-state index contributed by atoms with van der Waals surface area (Å²) in [6.45, 7) is 0.230. The normalized spacial score (nSPS) is 12.0. The lowest BCUT2D eigenvalue weighted by molar-refractivity contribution is -0.121. The molecular weight excluding hydrogens is 374 g/mol. The summed E-state index contributed by atoms with van der Waals surface area (Å²) in [6, 6.07) is 15.6. The topological polar surface area (TPSA) is 49.3 Å². The molecule has 0 fully saturated rings. The van der Waals surface area contributed by atoms with Crippen molar-refractivity contribution in [2.45, 2.75) is 23.8 Å². The number of aliphatic hydroxyl groups excluding tert-OH is 1. The van der Waals surface area contributed by atoms with E-state index in [1.165, 1.54) is 0 Å². The van der Waals surface area contributed by atoms with E-state index in [1.54, 1.807) is 11.8 Å². The van der Waals surface area contributed by atoms with Crippen molar-refractivity contribution >= 4 is 33.6 Å². The maximum atomic E-state index is 11.9. The molecule has 0 saturated carbocycles. The molecule has 122 valence electrons. The van der Waals surface area contributed by atoms with Gasteiger partial charge in [0.05, 0.1) is 6.10 Å². The Morgan fingerprint density at radius 2 is 1.91 bits per heavy atom. The highest BCUT2D eigenvalue weighted by molar-refractivity contribution is 9.10. The van der Waals surface area contributed by atoms with E-state index in [0.717, 1.165) is 20.5 Å². The van der Waals surface area contributed by atoms with Gasteiger partial charge in [-0.25, -0.2) is 0 Å². The minimum absolute atomic E-state index is 0.0551. The van der Waals surface area contributed by atoms with Crippen LogP contribution in [0.25, 0.3) is 0 Å². The standard InChI is InChI=1S/C18H20BrNO2S/c1-23-15-9-6-14(7-10-15)17(21)12-20-18(22)11-8-13-4-2-3-5-16(13)19/h2-7,9-10,17,21H,8,11-12H2,1H3,(H,20,22)/t17-/m1/s1. The third-order valence-corrected chi connectivity index (χ3v) is 5.09. The molecule has 0 unspecified atom stereocenters. The average Bonchev–Trinajstić information content (AvgIpc) is 2.59. The highest BCUT2D eigenvalue weighted by Gasteiger charge is 2.10. The number of thioether (sulfide) groups is 1. The summed E-state index contributed by atoms with van der Waals surface area (Å²) in [5.41, 5.74) is 1.92. The fourth-order valence-electron chi connectivity index (χ4n) is 2.19. The van der Waals surface area contributed by atoms with Crippen LogP contribution in [-0.4, -0.2) is 23.8 Å². The molecule has 0 aliphatic heterocycles. The molecular formula is C18H20BrNO2S. The Balaban J connectivity index is 1.78. The van der Waals surface area contributed by atoms with Crippen LogP contribution in [0.4, 0.5) is 0 Å². The summed E-state index contributed by atoms with van der Waals surface area (Å²) in [4.78, 5) is 13.1. The zero-order chi connectivity index (χ0) is 16.7. The van der Waals surface area contributed by atoms with E-state index >= 15 is 0 Å². The van der Waals surface area contributed by atoms with E-state index in [9.17, 15) is 9.90 Å². The Morgan fingerprint density at radius 3 is 2.57 bits per heavy atom. The number of nitrogens with one attached hydrogen (secondary N) is 1. The number of hydrogen-bond acceptors (Lipinski definition) is 3. The van der Waals surface area contributed by atoms with E-state index in [4.69, 9.17) is 0 Å². The number of rotatable bonds is 7. The summed E-state index contributed by atoms with van der Waals surface area (Å²) in [7, 11) is 0. The summed E-state index contributed by atoms with van der Waals surface area (Å²) in [5.74, 6) is -0.0551. The van der Waals surface area contributed by atoms with Crippen LogP contribution in [0.2, 0.25) is 0 Å². The molecule has 0 heterocycles. The van der Waals surface area contributed by atoms with Crippen molar-refractivity contribution in [1.82, 2.24) is 5.32 Å². The molecule has 3 nitrogen and oxygen atoms in total. The van der Waals surface area contributed by atoms with Crippen molar-refractivity contribution in [3.63, 3.8) is 0 Å². The van der Waals surface area contributed by atoms with Gasteiger partial charge >= 0.3 is 0 Å². The first-order valence-electron chi connectivity index (χ1n) is 7.42. The summed E-state index contributed by atoms with van der Waals surface area (Å²) < 4.78 is 1.02. The molecule has 0 bridgehead atoms. The SMILES string of the molecule is CSc1ccc([C@H](O)CNC(=O)CCc2ccccc2Br)cc1. The minimum Gasteiger partial charge on any atom is -0.387 e. The largest absolute Gasteiger partial charge is 0.387 e. The Bertz CT molecular complexity index is 646. The molecule has 2 rings (SSSR count). The Kier molecular flexibility index (Phi) is 7.15. The number of aryl methyl sites for hydroxylation is 1. The monoisotopic (exact) mass is 393 g/mol. The molecule has 0 aromatic heterocycles. The summed E-state index contributed by atoms with van der Waals surface area (Å²) in [5, 5.41) is 12.9. The van der Waals surface area contributed by atoms with Gasteiger partial charge in [0.25, 0.3) is 0 Å². The first-order chi connectivity index (χ1) is 11.1. The number of halogens is 1. The van der Waals surface area contributed by atoms with Crippen LogP contribution in [0.3, 0.4) is 0 Å². The molecule has 0 radical (unpaired) electrons. The number of carbonyl (C=O) groups excluding carboxylic acids is 1. The van der Waals surface area contributed by atoms with Gasteiger partial charge in [0, 0.05) is 22.3 Å². The molecule has 1 atom stereocenters. The van der Waals surface area contributed by atoms with Gasteiger partial charge in [-0.05, 0) is 42.0 Å². The van der Waals surface area contributed by atoms with Crippen molar-refractivity contribution in [2.24, 2.45) is 0 Å². The predicted molar refractivity (Wildman–Crippen MR) is 98.7 cm³/mol. The van der Waals surface area contributed by atoms with Gasteiger partial charge in [-0.2, -0.15) is 0 Å². The minimum atomic E-state index is -0.682. The summed E-state index contributed by atoms with van der Waals surface area (Å²) in [6.07, 6.45) is 2.40. The van der Waals surface area contributed by atoms with E-state index in [1.807, 2.05) is 54.8 Å². The van der Waals surface area contributed by atoms with Gasteiger partial charge in [0.1, 0.15) is 0 Å². The molecule has 0 aliphatic rings. The first kappa shape index (κ1) is 18.0. The number of hydrogen-bond donors (Lipinski definition) is 2. The first-order valence-corrected chi connectivity index (χ1v) is 9.44. The number of amides is 1. The van der Waals surface area contributed by atoms with E-state index < -0.39 is 6.10 Å². The fourth-order valence-corrected chi connectivity index (χ4v) is 3.08. The predicted octanol–water partition coefficient (Wildman–Crippen LogP) is 3.95. The Hall–Kier alpha value is -1.30. The van der Waals surface area contributed by atoms with Crippen LogP contribution in [0.1, 0.15) is 23.7 Å². The number of aliphatic hydroxyl groups is 1. The van der Waals surface area contributed by atoms with E-state index in [-0.39, 0.29) is 12.5 Å². The molecule has 0 aliphatic carbocycles. The van der Waals surface area contributed by atoms with Crippen LogP contribution >= 0.6 is 27.7 Å². The highest BCUT2D eigenvalue weighted by atomic mass is 79.9. The van der Waals surface area contributed by atoms with Crippen LogP contribution < -0.4 is 5.32 Å². The lowest BCUT2D eigenvalue weighted by atomic mass is 10.1. The van der Waals surface area contributed by atoms with Crippen LogP contribution in [-0.2, 0) is 11.2 Å². The zero-order valence-electron chi connectivity index (χ0n) is 13.0. The molecule has 2 aromatic carbocycles. The highest BCUT2D eigenvalue weighted by Crippen LogP contribution is 2.19. The van der Waals surface area contributed by atoms with Crippen molar-refractivity contribution < 1.29 is 9.90 Å².